The fourth-order valence-corrected chi connectivity index (χ4v) is 2.03. The zero-order valence-corrected chi connectivity index (χ0v) is 12.5. The normalized spacial score (nSPS) is 11.4. The molecule has 0 aliphatic heterocycles. The maximum atomic E-state index is 12.0. The molecular weight excluding hydrogens is 250 g/mol. The van der Waals surface area contributed by atoms with Crippen molar-refractivity contribution in [1.29, 1.82) is 0 Å². The average molecular weight is 271 g/mol. The van der Waals surface area contributed by atoms with Crippen molar-refractivity contribution in [1.82, 2.24) is 4.57 Å². The zero-order valence-electron chi connectivity index (χ0n) is 12.5. The number of hydrogen-bond donors (Lipinski definition) is 0. The molecule has 0 fully saturated rings. The van der Waals surface area contributed by atoms with Crippen LogP contribution in [0.25, 0.3) is 0 Å². The highest BCUT2D eigenvalue weighted by atomic mass is 16.5. The van der Waals surface area contributed by atoms with E-state index in [-0.39, 0.29) is 17.8 Å². The summed E-state index contributed by atoms with van der Waals surface area (Å²) in [7, 11) is 1.85. The number of nitrogens with zero attached hydrogens (tertiary/aromatic N) is 1. The molecule has 106 valence electrons. The van der Waals surface area contributed by atoms with E-state index in [1.54, 1.807) is 10.6 Å². The Morgan fingerprint density at radius 2 is 1.95 bits per heavy atom. The summed E-state index contributed by atoms with van der Waals surface area (Å²) in [5.41, 5.74) is 1.93. The first-order valence-corrected chi connectivity index (χ1v) is 6.76. The molecule has 0 amide bonds. The highest BCUT2D eigenvalue weighted by molar-refractivity contribution is 5.95. The van der Waals surface area contributed by atoms with Crippen LogP contribution in [0.2, 0.25) is 0 Å². The Kier molecular flexibility index (Phi) is 3.98. The summed E-state index contributed by atoms with van der Waals surface area (Å²) in [5, 5.41) is 0. The van der Waals surface area contributed by atoms with Crippen molar-refractivity contribution in [2.24, 2.45) is 7.05 Å². The lowest BCUT2D eigenvalue weighted by Gasteiger charge is -2.19. The van der Waals surface area contributed by atoms with E-state index >= 15 is 0 Å². The molecule has 3 heteroatoms. The van der Waals surface area contributed by atoms with Crippen molar-refractivity contribution in [2.75, 3.05) is 6.61 Å². The molecule has 0 bridgehead atoms. The van der Waals surface area contributed by atoms with Gasteiger partial charge in [-0.3, -0.25) is 4.79 Å². The van der Waals surface area contributed by atoms with E-state index in [9.17, 15) is 4.79 Å². The van der Waals surface area contributed by atoms with Crippen LogP contribution in [-0.2, 0) is 12.5 Å². The molecule has 0 unspecified atom stereocenters. The van der Waals surface area contributed by atoms with Gasteiger partial charge in [0.2, 0.25) is 5.78 Å². The minimum absolute atomic E-state index is 0.0151. The predicted octanol–water partition coefficient (Wildman–Crippen LogP) is 3.58. The Bertz CT molecular complexity index is 605. The van der Waals surface area contributed by atoms with Gasteiger partial charge in [0, 0.05) is 13.2 Å². The first kappa shape index (κ1) is 14.4. The van der Waals surface area contributed by atoms with Gasteiger partial charge in [-0.15, -0.1) is 0 Å². The number of ketones is 1. The molecule has 0 aliphatic rings. The Balaban J connectivity index is 2.05. The third-order valence-electron chi connectivity index (χ3n) is 3.30. The fourth-order valence-electron chi connectivity index (χ4n) is 2.03. The fraction of sp³-hybridized carbons (Fsp3) is 0.353. The third-order valence-corrected chi connectivity index (χ3v) is 3.30. The SMILES string of the molecule is Cn1cccc1C(=O)COc1cccc(C(C)(C)C)c1. The van der Waals surface area contributed by atoms with Crippen molar-refractivity contribution < 1.29 is 9.53 Å². The van der Waals surface area contributed by atoms with Crippen LogP contribution in [0, 0.1) is 0 Å². The van der Waals surface area contributed by atoms with E-state index in [0.29, 0.717) is 5.69 Å². The van der Waals surface area contributed by atoms with Crippen LogP contribution in [0.5, 0.6) is 5.75 Å². The standard InChI is InChI=1S/C17H21NO2/c1-17(2,3)13-7-5-8-14(11-13)20-12-16(19)15-9-6-10-18(15)4/h5-11H,12H2,1-4H3. The molecule has 1 aromatic carbocycles. The van der Waals surface area contributed by atoms with Gasteiger partial charge in [0.25, 0.3) is 0 Å². The summed E-state index contributed by atoms with van der Waals surface area (Å²) in [6, 6.07) is 11.6. The second-order valence-corrected chi connectivity index (χ2v) is 5.99. The monoisotopic (exact) mass is 271 g/mol. The van der Waals surface area contributed by atoms with Gasteiger partial charge < -0.3 is 9.30 Å². The molecule has 0 saturated carbocycles. The summed E-state index contributed by atoms with van der Waals surface area (Å²) in [4.78, 5) is 12.0. The highest BCUT2D eigenvalue weighted by Crippen LogP contribution is 2.25. The van der Waals surface area contributed by atoms with Crippen LogP contribution in [0.1, 0.15) is 36.8 Å². The molecule has 0 N–H and O–H groups in total. The van der Waals surface area contributed by atoms with Crippen molar-refractivity contribution in [2.45, 2.75) is 26.2 Å². The summed E-state index contributed by atoms with van der Waals surface area (Å²) >= 11 is 0. The van der Waals surface area contributed by atoms with Crippen molar-refractivity contribution in [3.63, 3.8) is 0 Å². The number of aryl methyl sites for hydroxylation is 1. The smallest absolute Gasteiger partial charge is 0.216 e. The summed E-state index contributed by atoms with van der Waals surface area (Å²) in [6.07, 6.45) is 1.85. The van der Waals surface area contributed by atoms with Gasteiger partial charge in [0.1, 0.15) is 5.75 Å². The molecule has 0 saturated heterocycles. The van der Waals surface area contributed by atoms with Crippen LogP contribution in [0.3, 0.4) is 0 Å². The summed E-state index contributed by atoms with van der Waals surface area (Å²) in [6.45, 7) is 6.52. The second kappa shape index (κ2) is 5.53. The topological polar surface area (TPSA) is 31.2 Å². The van der Waals surface area contributed by atoms with Gasteiger partial charge in [0.15, 0.2) is 6.61 Å². The number of carbonyl (C=O) groups excluding carboxylic acids is 1. The number of Topliss-reactive ketones (excluding diaryl/α,β-unsaturated/α-hetero) is 1. The minimum Gasteiger partial charge on any atom is -0.485 e. The van der Waals surface area contributed by atoms with Crippen LogP contribution in [0.4, 0.5) is 0 Å². The Hall–Kier alpha value is -2.03. The van der Waals surface area contributed by atoms with E-state index < -0.39 is 0 Å². The minimum atomic E-state index is -0.0151. The molecule has 2 rings (SSSR count). The molecule has 0 atom stereocenters. The lowest BCUT2D eigenvalue weighted by Crippen LogP contribution is -2.15. The Morgan fingerprint density at radius 3 is 2.55 bits per heavy atom. The predicted molar refractivity (Wildman–Crippen MR) is 80.4 cm³/mol. The third kappa shape index (κ3) is 3.29. The molecule has 2 aromatic rings. The molecule has 0 aliphatic carbocycles. The lowest BCUT2D eigenvalue weighted by atomic mass is 9.87. The first-order valence-electron chi connectivity index (χ1n) is 6.76. The van der Waals surface area contributed by atoms with E-state index in [4.69, 9.17) is 4.74 Å². The lowest BCUT2D eigenvalue weighted by molar-refractivity contribution is 0.0913. The Labute approximate surface area is 120 Å². The zero-order chi connectivity index (χ0) is 14.8. The summed E-state index contributed by atoms with van der Waals surface area (Å²) in [5.74, 6) is 0.721. The quantitative estimate of drug-likeness (QED) is 0.796. The number of benzene rings is 1. The highest BCUT2D eigenvalue weighted by Gasteiger charge is 2.15. The van der Waals surface area contributed by atoms with Gasteiger partial charge in [-0.05, 0) is 35.2 Å². The molecule has 20 heavy (non-hydrogen) atoms. The number of ether oxygens (including phenoxy) is 1. The second-order valence-electron chi connectivity index (χ2n) is 5.99. The van der Waals surface area contributed by atoms with Gasteiger partial charge >= 0.3 is 0 Å². The van der Waals surface area contributed by atoms with Crippen molar-refractivity contribution in [3.8, 4) is 5.75 Å². The van der Waals surface area contributed by atoms with Gasteiger partial charge in [-0.25, -0.2) is 0 Å². The molecule has 0 spiro atoms. The van der Waals surface area contributed by atoms with E-state index in [1.807, 2.05) is 37.5 Å². The molecule has 1 heterocycles. The van der Waals surface area contributed by atoms with E-state index in [0.717, 1.165) is 5.75 Å². The van der Waals surface area contributed by atoms with Gasteiger partial charge in [-0.2, -0.15) is 0 Å². The number of aromatic nitrogens is 1. The maximum absolute atomic E-state index is 12.0. The van der Waals surface area contributed by atoms with Gasteiger partial charge in [-0.1, -0.05) is 32.9 Å². The molecule has 1 aromatic heterocycles. The van der Waals surface area contributed by atoms with Crippen molar-refractivity contribution >= 4 is 5.78 Å². The van der Waals surface area contributed by atoms with Crippen LogP contribution < -0.4 is 4.74 Å². The van der Waals surface area contributed by atoms with Gasteiger partial charge in [0.05, 0.1) is 5.69 Å². The molecule has 0 radical (unpaired) electrons. The van der Waals surface area contributed by atoms with E-state index in [1.165, 1.54) is 5.56 Å². The molecular formula is C17H21NO2. The largest absolute Gasteiger partial charge is 0.485 e. The molecule has 3 nitrogen and oxygen atoms in total. The summed E-state index contributed by atoms with van der Waals surface area (Å²) < 4.78 is 7.42. The van der Waals surface area contributed by atoms with Crippen molar-refractivity contribution in [3.05, 3.63) is 53.9 Å². The maximum Gasteiger partial charge on any atom is 0.216 e. The van der Waals surface area contributed by atoms with Crippen LogP contribution in [0.15, 0.2) is 42.6 Å². The Morgan fingerprint density at radius 1 is 1.20 bits per heavy atom. The first-order chi connectivity index (χ1) is 9.38. The average Bonchev–Trinajstić information content (AvgIpc) is 2.82. The number of rotatable bonds is 4. The van der Waals surface area contributed by atoms with Crippen LogP contribution >= 0.6 is 0 Å². The number of hydrogen-bond acceptors (Lipinski definition) is 2. The number of carbonyl (C=O) groups is 1. The van der Waals surface area contributed by atoms with E-state index in [2.05, 4.69) is 26.8 Å². The van der Waals surface area contributed by atoms with Crippen LogP contribution in [-0.4, -0.2) is 17.0 Å².